The largest absolute Gasteiger partial charge is 0.508 e. The lowest BCUT2D eigenvalue weighted by Crippen LogP contribution is -2.30. The van der Waals surface area contributed by atoms with Gasteiger partial charge in [0.1, 0.15) is 28.2 Å². The van der Waals surface area contributed by atoms with Crippen LogP contribution in [-0.4, -0.2) is 35.3 Å². The number of ketones is 1. The fraction of sp³-hybridized carbons (Fsp3) is 0.176. The van der Waals surface area contributed by atoms with E-state index in [1.165, 1.54) is 14.2 Å². The van der Waals surface area contributed by atoms with Crippen LogP contribution in [0, 0.1) is 0 Å². The van der Waals surface area contributed by atoms with E-state index in [1.54, 1.807) is 0 Å². The van der Waals surface area contributed by atoms with Crippen LogP contribution in [0.5, 0.6) is 11.5 Å². The van der Waals surface area contributed by atoms with Crippen LogP contribution in [-0.2, 0) is 19.9 Å². The number of aromatic hydroxyl groups is 2. The summed E-state index contributed by atoms with van der Waals surface area (Å²) in [6, 6.07) is 3.10. The predicted molar refractivity (Wildman–Crippen MR) is 84.9 cm³/mol. The average Bonchev–Trinajstić information content (AvgIpc) is 2.55. The monoisotopic (exact) mass is 346 g/mol. The normalized spacial score (nSPS) is 16.4. The Morgan fingerprint density at radius 2 is 1.60 bits per heavy atom. The minimum absolute atomic E-state index is 0.134. The Labute approximate surface area is 140 Å². The van der Waals surface area contributed by atoms with Crippen molar-refractivity contribution < 1.29 is 34.0 Å². The molecule has 8 heteroatoms. The van der Waals surface area contributed by atoms with Crippen molar-refractivity contribution in [1.82, 2.24) is 0 Å². The quantitative estimate of drug-likeness (QED) is 0.752. The third-order valence-electron chi connectivity index (χ3n) is 3.78. The highest BCUT2D eigenvalue weighted by Crippen LogP contribution is 2.35. The highest BCUT2D eigenvalue weighted by atomic mass is 16.5. The molecule has 0 bridgehead atoms. The molecule has 2 aromatic rings. The molecule has 0 unspecified atom stereocenters. The van der Waals surface area contributed by atoms with Gasteiger partial charge in [-0.05, 0) is 0 Å². The van der Waals surface area contributed by atoms with E-state index >= 15 is 0 Å². The molecule has 1 aromatic carbocycles. The number of hydrogen-bond acceptors (Lipinski definition) is 8. The number of carbonyl (C=O) groups excluding carboxylic acids is 1. The lowest BCUT2D eigenvalue weighted by Gasteiger charge is -2.25. The number of Topliss-reactive ketones (excluding diaryl/α,β-unsaturated/α-hetero) is 1. The van der Waals surface area contributed by atoms with E-state index in [2.05, 4.69) is 0 Å². The number of ether oxygens (including phenoxy) is 2. The molecule has 0 aliphatic heterocycles. The topological polar surface area (TPSA) is 126 Å². The van der Waals surface area contributed by atoms with Gasteiger partial charge in [-0.3, -0.25) is 9.59 Å². The molecule has 3 N–H and O–H groups in total. The van der Waals surface area contributed by atoms with Crippen molar-refractivity contribution in [2.75, 3.05) is 14.2 Å². The van der Waals surface area contributed by atoms with Crippen molar-refractivity contribution in [3.05, 3.63) is 57.9 Å². The summed E-state index contributed by atoms with van der Waals surface area (Å²) in [6.07, 6.45) is 2.15. The van der Waals surface area contributed by atoms with Crippen molar-refractivity contribution >= 4 is 16.8 Å². The minimum Gasteiger partial charge on any atom is -0.508 e. The van der Waals surface area contributed by atoms with Gasteiger partial charge >= 0.3 is 0 Å². The van der Waals surface area contributed by atoms with Crippen molar-refractivity contribution in [1.29, 1.82) is 0 Å². The van der Waals surface area contributed by atoms with Crippen LogP contribution in [0.3, 0.4) is 0 Å². The number of fused-ring (bicyclic) bond motifs is 1. The Kier molecular flexibility index (Phi) is 3.77. The maximum atomic E-state index is 12.3. The summed E-state index contributed by atoms with van der Waals surface area (Å²) in [6.45, 7) is 0. The van der Waals surface area contributed by atoms with Crippen molar-refractivity contribution in [3.63, 3.8) is 0 Å². The van der Waals surface area contributed by atoms with Crippen molar-refractivity contribution in [2.45, 2.75) is 5.60 Å². The summed E-state index contributed by atoms with van der Waals surface area (Å²) in [5, 5.41) is 30.1. The van der Waals surface area contributed by atoms with E-state index in [0.29, 0.717) is 0 Å². The first kappa shape index (κ1) is 16.6. The number of methoxy groups -OCH3 is 2. The third kappa shape index (κ3) is 2.62. The Morgan fingerprint density at radius 3 is 2.16 bits per heavy atom. The molecule has 1 aromatic heterocycles. The Bertz CT molecular complexity index is 972. The van der Waals surface area contributed by atoms with Crippen molar-refractivity contribution in [3.8, 4) is 11.5 Å². The second-order valence-electron chi connectivity index (χ2n) is 5.39. The molecule has 25 heavy (non-hydrogen) atoms. The molecule has 3 rings (SSSR count). The average molecular weight is 346 g/mol. The molecule has 0 atom stereocenters. The Hall–Kier alpha value is -3.26. The maximum Gasteiger partial charge on any atom is 0.261 e. The van der Waals surface area contributed by atoms with Gasteiger partial charge in [0.2, 0.25) is 0 Å². The van der Waals surface area contributed by atoms with Gasteiger partial charge in [0, 0.05) is 30.4 Å². The van der Waals surface area contributed by atoms with Gasteiger partial charge in [-0.25, -0.2) is 0 Å². The van der Waals surface area contributed by atoms with Crippen LogP contribution in [0.25, 0.3) is 11.0 Å². The first-order chi connectivity index (χ1) is 11.8. The standard InChI is InChI=1S/C17H14O8/c1-23-12-6-17(22,7-13(24-2)16(12)21)14-5-10(20)15-9(19)3-8(18)4-11(15)25-14/h3-7,18-19,22H,1-2H3. The van der Waals surface area contributed by atoms with E-state index < -0.39 is 22.6 Å². The highest BCUT2D eigenvalue weighted by Gasteiger charge is 2.38. The Morgan fingerprint density at radius 1 is 1.00 bits per heavy atom. The fourth-order valence-electron chi connectivity index (χ4n) is 2.59. The number of aliphatic hydroxyl groups is 1. The molecule has 0 saturated heterocycles. The van der Waals surface area contributed by atoms with Crippen LogP contribution >= 0.6 is 0 Å². The van der Waals surface area contributed by atoms with E-state index in [9.17, 15) is 24.9 Å². The van der Waals surface area contributed by atoms with Crippen LogP contribution in [0.1, 0.15) is 5.76 Å². The molecule has 0 radical (unpaired) electrons. The molecular formula is C17H14O8. The van der Waals surface area contributed by atoms with Gasteiger partial charge in [-0.1, -0.05) is 0 Å². The summed E-state index contributed by atoms with van der Waals surface area (Å²) < 4.78 is 15.4. The van der Waals surface area contributed by atoms with E-state index in [4.69, 9.17) is 13.9 Å². The third-order valence-corrected chi connectivity index (χ3v) is 3.78. The summed E-state index contributed by atoms with van der Waals surface area (Å²) in [5.74, 6) is -1.98. The lowest BCUT2D eigenvalue weighted by atomic mass is 9.92. The zero-order chi connectivity index (χ0) is 18.4. The van der Waals surface area contributed by atoms with E-state index in [1.807, 2.05) is 0 Å². The van der Waals surface area contributed by atoms with Crippen LogP contribution < -0.4 is 5.43 Å². The lowest BCUT2D eigenvalue weighted by molar-refractivity contribution is -0.118. The predicted octanol–water partition coefficient (Wildman–Crippen LogP) is 1.04. The second-order valence-corrected chi connectivity index (χ2v) is 5.39. The summed E-state index contributed by atoms with van der Waals surface area (Å²) in [4.78, 5) is 24.3. The first-order valence-electron chi connectivity index (χ1n) is 7.10. The number of rotatable bonds is 3. The van der Waals surface area contributed by atoms with Crippen molar-refractivity contribution in [2.24, 2.45) is 0 Å². The molecule has 130 valence electrons. The SMILES string of the molecule is COC1=CC(O)(c2cc(=O)c3c(O)cc(O)cc3o2)C=C(OC)C1=O. The molecule has 0 fully saturated rings. The van der Waals surface area contributed by atoms with Gasteiger partial charge in [0.05, 0.1) is 14.2 Å². The van der Waals surface area contributed by atoms with Gasteiger partial charge in [-0.15, -0.1) is 0 Å². The van der Waals surface area contributed by atoms with E-state index in [0.717, 1.165) is 30.4 Å². The number of benzene rings is 1. The number of hydrogen-bond donors (Lipinski definition) is 3. The number of phenols is 2. The van der Waals surface area contributed by atoms with Gasteiger partial charge in [0.15, 0.2) is 22.5 Å². The first-order valence-corrected chi connectivity index (χ1v) is 7.10. The molecule has 0 amide bonds. The van der Waals surface area contributed by atoms with Gasteiger partial charge < -0.3 is 29.2 Å². The zero-order valence-corrected chi connectivity index (χ0v) is 13.3. The number of phenolic OH excluding ortho intramolecular Hbond substituents is 2. The summed E-state index contributed by atoms with van der Waals surface area (Å²) in [7, 11) is 2.49. The second kappa shape index (κ2) is 5.67. The minimum atomic E-state index is -2.00. The zero-order valence-electron chi connectivity index (χ0n) is 13.3. The highest BCUT2D eigenvalue weighted by molar-refractivity contribution is 6.06. The molecule has 8 nitrogen and oxygen atoms in total. The smallest absolute Gasteiger partial charge is 0.261 e. The van der Waals surface area contributed by atoms with Crippen LogP contribution in [0.4, 0.5) is 0 Å². The molecule has 0 spiro atoms. The molecule has 0 saturated carbocycles. The van der Waals surface area contributed by atoms with Crippen LogP contribution in [0.2, 0.25) is 0 Å². The summed E-state index contributed by atoms with van der Waals surface area (Å²) in [5.41, 5.74) is -2.78. The van der Waals surface area contributed by atoms with E-state index in [-0.39, 0.29) is 34.0 Å². The molecule has 1 heterocycles. The molecule has 1 aliphatic carbocycles. The Balaban J connectivity index is 2.28. The summed E-state index contributed by atoms with van der Waals surface area (Å²) >= 11 is 0. The van der Waals surface area contributed by atoms with Gasteiger partial charge in [-0.2, -0.15) is 0 Å². The molecule has 1 aliphatic rings. The fourth-order valence-corrected chi connectivity index (χ4v) is 2.59. The molecular weight excluding hydrogens is 332 g/mol. The maximum absolute atomic E-state index is 12.3. The number of carbonyl (C=O) groups is 1. The van der Waals surface area contributed by atoms with Crippen LogP contribution in [0.15, 0.2) is 51.1 Å². The van der Waals surface area contributed by atoms with Gasteiger partial charge in [0.25, 0.3) is 5.78 Å².